The van der Waals surface area contributed by atoms with Crippen molar-refractivity contribution in [2.45, 2.75) is 19.9 Å². The Kier molecular flexibility index (Phi) is 3.57. The van der Waals surface area contributed by atoms with Crippen LogP contribution in [0.1, 0.15) is 18.9 Å². The molecule has 0 spiro atoms. The van der Waals surface area contributed by atoms with Gasteiger partial charge in [0.25, 0.3) is 0 Å². The molecule has 1 saturated heterocycles. The SMILES string of the molecule is CNC(=O)C1(C)CCN(Cc2ccccc2N)C1. The van der Waals surface area contributed by atoms with Crippen LogP contribution in [0, 0.1) is 5.41 Å². The van der Waals surface area contributed by atoms with Gasteiger partial charge in [0.2, 0.25) is 5.91 Å². The van der Waals surface area contributed by atoms with Crippen molar-refractivity contribution in [3.63, 3.8) is 0 Å². The van der Waals surface area contributed by atoms with Crippen LogP contribution in [0.3, 0.4) is 0 Å². The number of nitrogens with one attached hydrogen (secondary N) is 1. The van der Waals surface area contributed by atoms with E-state index >= 15 is 0 Å². The van der Waals surface area contributed by atoms with Gasteiger partial charge in [0.05, 0.1) is 5.41 Å². The molecule has 2 rings (SSSR count). The Bertz CT molecular complexity index is 446. The number of nitrogens with zero attached hydrogens (tertiary/aromatic N) is 1. The number of nitrogens with two attached hydrogens (primary N) is 1. The van der Waals surface area contributed by atoms with E-state index in [1.165, 1.54) is 0 Å². The third-order valence-electron chi connectivity index (χ3n) is 3.78. The van der Waals surface area contributed by atoms with Gasteiger partial charge < -0.3 is 11.1 Å². The first kappa shape index (κ1) is 12.9. The summed E-state index contributed by atoms with van der Waals surface area (Å²) >= 11 is 0. The van der Waals surface area contributed by atoms with Gasteiger partial charge >= 0.3 is 0 Å². The fourth-order valence-electron chi connectivity index (χ4n) is 2.60. The van der Waals surface area contributed by atoms with Crippen LogP contribution in [0.4, 0.5) is 5.69 Å². The molecule has 0 aromatic heterocycles. The molecule has 1 heterocycles. The number of likely N-dealkylation sites (tertiary alicyclic amines) is 1. The van der Waals surface area contributed by atoms with Crippen molar-refractivity contribution in [3.8, 4) is 0 Å². The molecule has 1 amide bonds. The molecular formula is C14H21N3O. The molecule has 1 fully saturated rings. The largest absolute Gasteiger partial charge is 0.398 e. The van der Waals surface area contributed by atoms with Gasteiger partial charge in [-0.3, -0.25) is 9.69 Å². The van der Waals surface area contributed by atoms with E-state index in [0.29, 0.717) is 0 Å². The lowest BCUT2D eigenvalue weighted by Crippen LogP contribution is -2.39. The summed E-state index contributed by atoms with van der Waals surface area (Å²) in [7, 11) is 1.70. The molecule has 0 saturated carbocycles. The van der Waals surface area contributed by atoms with Gasteiger partial charge in [-0.2, -0.15) is 0 Å². The number of anilines is 1. The van der Waals surface area contributed by atoms with Gasteiger partial charge in [-0.05, 0) is 31.5 Å². The second-order valence-corrected chi connectivity index (χ2v) is 5.30. The predicted octanol–water partition coefficient (Wildman–Crippen LogP) is 1.23. The minimum absolute atomic E-state index is 0.131. The molecule has 1 unspecified atom stereocenters. The Morgan fingerprint density at radius 2 is 2.22 bits per heavy atom. The van der Waals surface area contributed by atoms with E-state index in [1.54, 1.807) is 7.05 Å². The lowest BCUT2D eigenvalue weighted by atomic mass is 9.89. The van der Waals surface area contributed by atoms with Crippen LogP contribution in [0.5, 0.6) is 0 Å². The maximum Gasteiger partial charge on any atom is 0.227 e. The molecule has 3 N–H and O–H groups in total. The predicted molar refractivity (Wildman–Crippen MR) is 72.9 cm³/mol. The first-order valence-corrected chi connectivity index (χ1v) is 6.33. The lowest BCUT2D eigenvalue weighted by Gasteiger charge is -2.23. The second-order valence-electron chi connectivity index (χ2n) is 5.30. The average Bonchev–Trinajstić information content (AvgIpc) is 2.74. The molecule has 18 heavy (non-hydrogen) atoms. The standard InChI is InChI=1S/C14H21N3O/c1-14(13(18)16-2)7-8-17(10-14)9-11-5-3-4-6-12(11)15/h3-6H,7-10,15H2,1-2H3,(H,16,18). The number of carbonyl (C=O) groups excluding carboxylic acids is 1. The molecule has 4 nitrogen and oxygen atoms in total. The van der Waals surface area contributed by atoms with E-state index < -0.39 is 0 Å². The average molecular weight is 247 g/mol. The molecule has 0 aliphatic carbocycles. The summed E-state index contributed by atoms with van der Waals surface area (Å²) in [5.74, 6) is 0.131. The van der Waals surface area contributed by atoms with E-state index in [4.69, 9.17) is 5.73 Å². The van der Waals surface area contributed by atoms with Crippen molar-refractivity contribution in [3.05, 3.63) is 29.8 Å². The summed E-state index contributed by atoms with van der Waals surface area (Å²) in [5, 5.41) is 2.75. The normalized spacial score (nSPS) is 24.1. The topological polar surface area (TPSA) is 58.4 Å². The Balaban J connectivity index is 2.02. The van der Waals surface area contributed by atoms with Crippen LogP contribution < -0.4 is 11.1 Å². The number of hydrogen-bond acceptors (Lipinski definition) is 3. The van der Waals surface area contributed by atoms with Gasteiger partial charge in [-0.1, -0.05) is 18.2 Å². The number of rotatable bonds is 3. The van der Waals surface area contributed by atoms with Gasteiger partial charge in [0.1, 0.15) is 0 Å². The van der Waals surface area contributed by atoms with E-state index in [1.807, 2.05) is 31.2 Å². The molecule has 1 aliphatic rings. The first-order valence-electron chi connectivity index (χ1n) is 6.33. The Hall–Kier alpha value is -1.55. The Morgan fingerprint density at radius 3 is 2.89 bits per heavy atom. The van der Waals surface area contributed by atoms with Crippen molar-refractivity contribution in [2.24, 2.45) is 5.41 Å². The number of nitrogen functional groups attached to an aromatic ring is 1. The van der Waals surface area contributed by atoms with Gasteiger partial charge in [0.15, 0.2) is 0 Å². The van der Waals surface area contributed by atoms with Gasteiger partial charge in [-0.15, -0.1) is 0 Å². The minimum Gasteiger partial charge on any atom is -0.398 e. The maximum absolute atomic E-state index is 11.8. The highest BCUT2D eigenvalue weighted by Gasteiger charge is 2.39. The third kappa shape index (κ3) is 2.48. The highest BCUT2D eigenvalue weighted by molar-refractivity contribution is 5.82. The summed E-state index contributed by atoms with van der Waals surface area (Å²) in [6, 6.07) is 7.91. The molecule has 4 heteroatoms. The van der Waals surface area contributed by atoms with Crippen molar-refractivity contribution in [1.29, 1.82) is 0 Å². The smallest absolute Gasteiger partial charge is 0.227 e. The number of amides is 1. The fraction of sp³-hybridized carbons (Fsp3) is 0.500. The number of hydrogen-bond donors (Lipinski definition) is 2. The Morgan fingerprint density at radius 1 is 1.50 bits per heavy atom. The van der Waals surface area contributed by atoms with Crippen molar-refractivity contribution in [1.82, 2.24) is 10.2 Å². The monoisotopic (exact) mass is 247 g/mol. The molecule has 0 radical (unpaired) electrons. The van der Waals surface area contributed by atoms with Gasteiger partial charge in [0, 0.05) is 25.8 Å². The minimum atomic E-state index is -0.266. The van der Waals surface area contributed by atoms with Crippen LogP contribution in [0.15, 0.2) is 24.3 Å². The highest BCUT2D eigenvalue weighted by Crippen LogP contribution is 2.31. The van der Waals surface area contributed by atoms with E-state index in [0.717, 1.165) is 37.3 Å². The van der Waals surface area contributed by atoms with Crippen molar-refractivity contribution < 1.29 is 4.79 Å². The van der Waals surface area contributed by atoms with Crippen molar-refractivity contribution >= 4 is 11.6 Å². The molecule has 98 valence electrons. The second kappa shape index (κ2) is 4.98. The zero-order valence-electron chi connectivity index (χ0n) is 11.1. The first-order chi connectivity index (χ1) is 8.55. The van der Waals surface area contributed by atoms with Crippen LogP contribution >= 0.6 is 0 Å². The van der Waals surface area contributed by atoms with Crippen molar-refractivity contribution in [2.75, 3.05) is 25.9 Å². The van der Waals surface area contributed by atoms with Crippen LogP contribution in [-0.4, -0.2) is 30.9 Å². The lowest BCUT2D eigenvalue weighted by molar-refractivity contribution is -0.129. The zero-order chi connectivity index (χ0) is 13.2. The number of benzene rings is 1. The maximum atomic E-state index is 11.8. The van der Waals surface area contributed by atoms with Crippen LogP contribution in [-0.2, 0) is 11.3 Å². The number of para-hydroxylation sites is 1. The summed E-state index contributed by atoms with van der Waals surface area (Å²) in [4.78, 5) is 14.1. The highest BCUT2D eigenvalue weighted by atomic mass is 16.2. The molecule has 0 bridgehead atoms. The van der Waals surface area contributed by atoms with E-state index in [2.05, 4.69) is 10.2 Å². The zero-order valence-corrected chi connectivity index (χ0v) is 11.1. The van der Waals surface area contributed by atoms with E-state index in [-0.39, 0.29) is 11.3 Å². The summed E-state index contributed by atoms with van der Waals surface area (Å²) in [5.41, 5.74) is 7.64. The van der Waals surface area contributed by atoms with Crippen LogP contribution in [0.2, 0.25) is 0 Å². The summed E-state index contributed by atoms with van der Waals surface area (Å²) < 4.78 is 0. The third-order valence-corrected chi connectivity index (χ3v) is 3.78. The molecule has 1 aromatic rings. The molecule has 1 atom stereocenters. The fourth-order valence-corrected chi connectivity index (χ4v) is 2.60. The van der Waals surface area contributed by atoms with Gasteiger partial charge in [-0.25, -0.2) is 0 Å². The van der Waals surface area contributed by atoms with E-state index in [9.17, 15) is 4.79 Å². The van der Waals surface area contributed by atoms with Crippen LogP contribution in [0.25, 0.3) is 0 Å². The summed E-state index contributed by atoms with van der Waals surface area (Å²) in [6.45, 7) is 4.58. The molecule has 1 aromatic carbocycles. The quantitative estimate of drug-likeness (QED) is 0.790. The molecular weight excluding hydrogens is 226 g/mol. The number of carbonyl (C=O) groups is 1. The molecule has 1 aliphatic heterocycles. The Labute approximate surface area is 108 Å². The summed E-state index contributed by atoms with van der Waals surface area (Å²) in [6.07, 6.45) is 0.902.